The summed E-state index contributed by atoms with van der Waals surface area (Å²) in [5, 5.41) is 6.06. The summed E-state index contributed by atoms with van der Waals surface area (Å²) in [4.78, 5) is 0. The SMILES string of the molecule is N[C@@H](CC1C=CCCC1)C1=CC(C2=C[C@@H](c3ccccc3Nc3ccc(-c4ccc5oc6ccccc6c5c4)cc3)CC=C2)CCC1. The lowest BCUT2D eigenvalue weighted by Crippen LogP contribution is -2.28. The molecule has 4 atom stereocenters. The van der Waals surface area contributed by atoms with Crippen LogP contribution in [0.5, 0.6) is 0 Å². The van der Waals surface area contributed by atoms with E-state index in [4.69, 9.17) is 10.2 Å². The van der Waals surface area contributed by atoms with Crippen LogP contribution in [0.15, 0.2) is 143 Å². The average molecular weight is 617 g/mol. The first-order valence-electron chi connectivity index (χ1n) is 17.6. The number of allylic oxidation sites excluding steroid dienone is 7. The number of furan rings is 1. The minimum Gasteiger partial charge on any atom is -0.456 e. The molecule has 0 amide bonds. The Balaban J connectivity index is 0.990. The van der Waals surface area contributed by atoms with Gasteiger partial charge in [-0.05, 0) is 116 Å². The molecule has 1 aromatic heterocycles. The fraction of sp³-hybridized carbons (Fsp3) is 0.273. The lowest BCUT2D eigenvalue weighted by Gasteiger charge is -2.29. The molecule has 0 spiro atoms. The van der Waals surface area contributed by atoms with Crippen molar-refractivity contribution in [2.75, 3.05) is 5.32 Å². The van der Waals surface area contributed by atoms with E-state index < -0.39 is 0 Å². The van der Waals surface area contributed by atoms with E-state index >= 15 is 0 Å². The van der Waals surface area contributed by atoms with Gasteiger partial charge in [-0.2, -0.15) is 0 Å². The Morgan fingerprint density at radius 3 is 2.49 bits per heavy atom. The van der Waals surface area contributed by atoms with Crippen molar-refractivity contribution in [2.24, 2.45) is 17.6 Å². The first-order chi connectivity index (χ1) is 23.2. The Labute approximate surface area is 278 Å². The molecule has 3 aliphatic rings. The summed E-state index contributed by atoms with van der Waals surface area (Å²) < 4.78 is 6.04. The van der Waals surface area contributed by atoms with Gasteiger partial charge >= 0.3 is 0 Å². The van der Waals surface area contributed by atoms with Crippen LogP contribution in [-0.4, -0.2) is 6.04 Å². The lowest BCUT2D eigenvalue weighted by atomic mass is 9.77. The molecule has 2 unspecified atom stereocenters. The van der Waals surface area contributed by atoms with E-state index in [1.807, 2.05) is 12.1 Å². The van der Waals surface area contributed by atoms with Gasteiger partial charge in [0.25, 0.3) is 0 Å². The molecule has 0 saturated heterocycles. The molecule has 0 bridgehead atoms. The maximum absolute atomic E-state index is 6.81. The molecule has 0 saturated carbocycles. The fourth-order valence-electron chi connectivity index (χ4n) is 7.99. The molecule has 3 nitrogen and oxygen atoms in total. The Bertz CT molecular complexity index is 2010. The van der Waals surface area contributed by atoms with Crippen molar-refractivity contribution in [1.29, 1.82) is 0 Å². The van der Waals surface area contributed by atoms with Gasteiger partial charge in [0.05, 0.1) is 0 Å². The molecule has 3 N–H and O–H groups in total. The minimum atomic E-state index is 0.180. The highest BCUT2D eigenvalue weighted by molar-refractivity contribution is 6.06. The maximum atomic E-state index is 6.81. The van der Waals surface area contributed by atoms with Crippen LogP contribution in [0.25, 0.3) is 33.1 Å². The predicted octanol–water partition coefficient (Wildman–Crippen LogP) is 11.8. The third-order valence-electron chi connectivity index (χ3n) is 10.5. The van der Waals surface area contributed by atoms with Crippen LogP contribution in [0.1, 0.15) is 62.8 Å². The van der Waals surface area contributed by atoms with E-state index in [0.717, 1.165) is 46.9 Å². The minimum absolute atomic E-state index is 0.180. The maximum Gasteiger partial charge on any atom is 0.135 e. The van der Waals surface area contributed by atoms with Gasteiger partial charge in [0.15, 0.2) is 0 Å². The van der Waals surface area contributed by atoms with Crippen molar-refractivity contribution < 1.29 is 4.42 Å². The molecule has 0 radical (unpaired) electrons. The van der Waals surface area contributed by atoms with Crippen molar-refractivity contribution in [3.8, 4) is 11.1 Å². The zero-order chi connectivity index (χ0) is 31.6. The van der Waals surface area contributed by atoms with Gasteiger partial charge in [-0.25, -0.2) is 0 Å². The normalized spacial score (nSPS) is 21.9. The smallest absolute Gasteiger partial charge is 0.135 e. The average Bonchev–Trinajstić information content (AvgIpc) is 3.51. The van der Waals surface area contributed by atoms with Crippen molar-refractivity contribution in [2.45, 2.75) is 63.3 Å². The number of hydrogen-bond acceptors (Lipinski definition) is 3. The summed E-state index contributed by atoms with van der Waals surface area (Å²) >= 11 is 0. The second-order valence-electron chi connectivity index (χ2n) is 13.7. The molecule has 8 rings (SSSR count). The van der Waals surface area contributed by atoms with Crippen molar-refractivity contribution in [3.63, 3.8) is 0 Å². The number of benzene rings is 4. The van der Waals surface area contributed by atoms with E-state index in [1.54, 1.807) is 0 Å². The third kappa shape index (κ3) is 6.38. The van der Waals surface area contributed by atoms with E-state index in [9.17, 15) is 0 Å². The molecular formula is C44H44N2O. The van der Waals surface area contributed by atoms with Crippen molar-refractivity contribution >= 4 is 33.3 Å². The molecular weight excluding hydrogens is 572 g/mol. The molecule has 4 aromatic carbocycles. The Hall–Kier alpha value is -4.60. The van der Waals surface area contributed by atoms with Gasteiger partial charge < -0.3 is 15.5 Å². The van der Waals surface area contributed by atoms with Crippen molar-refractivity contribution in [3.05, 3.63) is 144 Å². The molecule has 5 aromatic rings. The third-order valence-corrected chi connectivity index (χ3v) is 10.5. The zero-order valence-corrected chi connectivity index (χ0v) is 27.1. The monoisotopic (exact) mass is 616 g/mol. The first-order valence-corrected chi connectivity index (χ1v) is 17.6. The second kappa shape index (κ2) is 13.3. The lowest BCUT2D eigenvalue weighted by molar-refractivity contribution is 0.458. The number of nitrogens with one attached hydrogen (secondary N) is 1. The van der Waals surface area contributed by atoms with Crippen LogP contribution in [0.4, 0.5) is 11.4 Å². The quantitative estimate of drug-likeness (QED) is 0.171. The van der Waals surface area contributed by atoms with Crippen LogP contribution < -0.4 is 11.1 Å². The number of para-hydroxylation sites is 2. The molecule has 3 heteroatoms. The molecule has 47 heavy (non-hydrogen) atoms. The molecule has 3 aliphatic carbocycles. The van der Waals surface area contributed by atoms with E-state index in [0.29, 0.717) is 17.8 Å². The summed E-state index contributed by atoms with van der Waals surface area (Å²) in [7, 11) is 0. The van der Waals surface area contributed by atoms with Crippen LogP contribution in [0.3, 0.4) is 0 Å². The van der Waals surface area contributed by atoms with Gasteiger partial charge in [-0.3, -0.25) is 0 Å². The molecule has 0 aliphatic heterocycles. The largest absolute Gasteiger partial charge is 0.456 e. The molecule has 1 heterocycles. The highest BCUT2D eigenvalue weighted by atomic mass is 16.3. The zero-order valence-electron chi connectivity index (χ0n) is 27.1. The Kier molecular flexibility index (Phi) is 8.40. The number of anilines is 2. The number of rotatable bonds is 8. The standard InChI is InChI=1S/C44H44N2O/c45-41(26-30-10-2-1-3-11-30)36-15-9-13-33(28-36)32-12-8-14-35(27-32)38-16-4-6-18-42(38)46-37-23-20-31(21-24-37)34-22-25-44-40(29-34)39-17-5-7-19-43(39)47-44/h2,4-8,10,12,16-25,27-30,33,35,41,46H,1,3,9,11,13-15,26,45H2/t30?,33?,35-,41-/m0/s1. The summed E-state index contributed by atoms with van der Waals surface area (Å²) in [5.74, 6) is 1.44. The van der Waals surface area contributed by atoms with Crippen LogP contribution >= 0.6 is 0 Å². The summed E-state index contributed by atoms with van der Waals surface area (Å²) in [6.45, 7) is 0. The van der Waals surface area contributed by atoms with E-state index in [1.165, 1.54) is 65.6 Å². The number of hydrogen-bond donors (Lipinski definition) is 2. The molecule has 0 fully saturated rings. The highest BCUT2D eigenvalue weighted by Crippen LogP contribution is 2.39. The van der Waals surface area contributed by atoms with Gasteiger partial charge in [0, 0.05) is 40.0 Å². The Morgan fingerprint density at radius 1 is 0.766 bits per heavy atom. The van der Waals surface area contributed by atoms with Crippen molar-refractivity contribution in [1.82, 2.24) is 0 Å². The predicted molar refractivity (Wildman–Crippen MR) is 198 cm³/mol. The van der Waals surface area contributed by atoms with Gasteiger partial charge in [0.1, 0.15) is 11.2 Å². The summed E-state index contributed by atoms with van der Waals surface area (Å²) in [5.41, 5.74) is 17.6. The van der Waals surface area contributed by atoms with E-state index in [-0.39, 0.29) is 6.04 Å². The van der Waals surface area contributed by atoms with Gasteiger partial charge in [-0.1, -0.05) is 96.6 Å². The summed E-state index contributed by atoms with van der Waals surface area (Å²) in [6, 6.07) is 32.5. The van der Waals surface area contributed by atoms with Crippen LogP contribution in [0.2, 0.25) is 0 Å². The fourth-order valence-corrected chi connectivity index (χ4v) is 7.99. The number of nitrogens with two attached hydrogens (primary N) is 1. The molecule has 236 valence electrons. The van der Waals surface area contributed by atoms with Gasteiger partial charge in [-0.15, -0.1) is 0 Å². The topological polar surface area (TPSA) is 51.2 Å². The number of fused-ring (bicyclic) bond motifs is 3. The van der Waals surface area contributed by atoms with Crippen LogP contribution in [-0.2, 0) is 0 Å². The van der Waals surface area contributed by atoms with E-state index in [2.05, 4.69) is 121 Å². The highest BCUT2D eigenvalue weighted by Gasteiger charge is 2.24. The van der Waals surface area contributed by atoms with Gasteiger partial charge in [0.2, 0.25) is 0 Å². The summed E-state index contributed by atoms with van der Waals surface area (Å²) in [6.07, 6.45) is 24.1. The first kappa shape index (κ1) is 29.8. The second-order valence-corrected chi connectivity index (χ2v) is 13.7. The van der Waals surface area contributed by atoms with Crippen LogP contribution in [0, 0.1) is 11.8 Å². The Morgan fingerprint density at radius 2 is 1.60 bits per heavy atom.